The van der Waals surface area contributed by atoms with Crippen molar-refractivity contribution >= 4 is 5.78 Å². The van der Waals surface area contributed by atoms with Gasteiger partial charge in [0.15, 0.2) is 0 Å². The molecule has 3 heteroatoms. The number of rotatable bonds is 5. The first kappa shape index (κ1) is 11.7. The molecular weight excluding hydrogens is 214 g/mol. The van der Waals surface area contributed by atoms with Crippen LogP contribution in [0.3, 0.4) is 0 Å². The number of fused-ring (bicyclic) bond motifs is 2. The molecule has 0 saturated carbocycles. The summed E-state index contributed by atoms with van der Waals surface area (Å²) in [6.45, 7) is 0.926. The van der Waals surface area contributed by atoms with Gasteiger partial charge in [-0.1, -0.05) is 0 Å². The standard InChI is InChI=1S/C14H23NO2/c16-14(5-1-3-11-4-2-8-17-11)12-9-10-6-7-13(12)15-10/h10-13,15H,1-9H2. The predicted octanol–water partition coefficient (Wildman–Crippen LogP) is 2.05. The van der Waals surface area contributed by atoms with E-state index in [1.807, 2.05) is 0 Å². The van der Waals surface area contributed by atoms with Crippen LogP contribution in [0.5, 0.6) is 0 Å². The summed E-state index contributed by atoms with van der Waals surface area (Å²) < 4.78 is 5.59. The number of nitrogens with one attached hydrogen (secondary N) is 1. The van der Waals surface area contributed by atoms with Crippen LogP contribution in [0, 0.1) is 5.92 Å². The third-order valence-electron chi connectivity index (χ3n) is 4.69. The van der Waals surface area contributed by atoms with Gasteiger partial charge in [-0.2, -0.15) is 0 Å². The number of ether oxygens (including phenoxy) is 1. The summed E-state index contributed by atoms with van der Waals surface area (Å²) in [5, 5.41) is 3.54. The minimum Gasteiger partial charge on any atom is -0.378 e. The second kappa shape index (κ2) is 5.07. The number of carbonyl (C=O) groups is 1. The highest BCUT2D eigenvalue weighted by molar-refractivity contribution is 5.82. The molecule has 0 aromatic carbocycles. The minimum atomic E-state index is 0.332. The zero-order valence-corrected chi connectivity index (χ0v) is 10.5. The van der Waals surface area contributed by atoms with Gasteiger partial charge in [-0.25, -0.2) is 0 Å². The van der Waals surface area contributed by atoms with Gasteiger partial charge in [-0.15, -0.1) is 0 Å². The summed E-state index contributed by atoms with van der Waals surface area (Å²) in [6.07, 6.45) is 9.33. The molecule has 3 heterocycles. The molecule has 4 unspecified atom stereocenters. The number of hydrogen-bond donors (Lipinski definition) is 1. The van der Waals surface area contributed by atoms with Gasteiger partial charge in [0.2, 0.25) is 0 Å². The Morgan fingerprint density at radius 1 is 1.29 bits per heavy atom. The zero-order chi connectivity index (χ0) is 11.7. The van der Waals surface area contributed by atoms with Crippen LogP contribution in [0.4, 0.5) is 0 Å². The van der Waals surface area contributed by atoms with Crippen LogP contribution in [0.2, 0.25) is 0 Å². The van der Waals surface area contributed by atoms with Crippen LogP contribution in [0.1, 0.15) is 51.4 Å². The molecule has 0 spiro atoms. The maximum atomic E-state index is 12.1. The van der Waals surface area contributed by atoms with Crippen molar-refractivity contribution in [3.8, 4) is 0 Å². The fourth-order valence-electron chi connectivity index (χ4n) is 3.74. The van der Waals surface area contributed by atoms with Crippen molar-refractivity contribution in [1.29, 1.82) is 0 Å². The van der Waals surface area contributed by atoms with Gasteiger partial charge < -0.3 is 10.1 Å². The molecule has 3 fully saturated rings. The van der Waals surface area contributed by atoms with Crippen molar-refractivity contribution in [3.05, 3.63) is 0 Å². The summed E-state index contributed by atoms with van der Waals surface area (Å²) in [5.41, 5.74) is 0. The normalized spacial score (nSPS) is 40.0. The molecule has 4 atom stereocenters. The Labute approximate surface area is 103 Å². The van der Waals surface area contributed by atoms with E-state index in [1.54, 1.807) is 0 Å². The topological polar surface area (TPSA) is 38.3 Å². The van der Waals surface area contributed by atoms with E-state index in [1.165, 1.54) is 25.7 Å². The van der Waals surface area contributed by atoms with Crippen molar-refractivity contribution in [1.82, 2.24) is 5.32 Å². The van der Waals surface area contributed by atoms with Crippen molar-refractivity contribution in [3.63, 3.8) is 0 Å². The fourth-order valence-corrected chi connectivity index (χ4v) is 3.74. The van der Waals surface area contributed by atoms with Crippen LogP contribution in [0.15, 0.2) is 0 Å². The largest absolute Gasteiger partial charge is 0.378 e. The summed E-state index contributed by atoms with van der Waals surface area (Å²) in [5.74, 6) is 0.834. The second-order valence-corrected chi connectivity index (χ2v) is 5.88. The van der Waals surface area contributed by atoms with E-state index in [-0.39, 0.29) is 0 Å². The SMILES string of the molecule is O=C(CCCC1CCCO1)C1CC2CCC1N2. The van der Waals surface area contributed by atoms with E-state index < -0.39 is 0 Å². The molecule has 2 bridgehead atoms. The third kappa shape index (κ3) is 2.55. The average molecular weight is 237 g/mol. The Kier molecular flexibility index (Phi) is 3.48. The van der Waals surface area contributed by atoms with Gasteiger partial charge in [0.05, 0.1) is 6.10 Å². The molecule has 96 valence electrons. The molecular formula is C14H23NO2. The lowest BCUT2D eigenvalue weighted by molar-refractivity contribution is -0.123. The van der Waals surface area contributed by atoms with Gasteiger partial charge in [-0.3, -0.25) is 4.79 Å². The summed E-state index contributed by atoms with van der Waals surface area (Å²) in [4.78, 5) is 12.1. The molecule has 17 heavy (non-hydrogen) atoms. The number of carbonyl (C=O) groups excluding carboxylic acids is 1. The maximum Gasteiger partial charge on any atom is 0.137 e. The Morgan fingerprint density at radius 3 is 2.88 bits per heavy atom. The lowest BCUT2D eigenvalue weighted by Crippen LogP contribution is -2.28. The molecule has 1 N–H and O–H groups in total. The van der Waals surface area contributed by atoms with E-state index in [9.17, 15) is 4.79 Å². The van der Waals surface area contributed by atoms with E-state index >= 15 is 0 Å². The summed E-state index contributed by atoms with van der Waals surface area (Å²) >= 11 is 0. The lowest BCUT2D eigenvalue weighted by Gasteiger charge is -2.19. The monoisotopic (exact) mass is 237 g/mol. The Bertz CT molecular complexity index is 286. The number of Topliss-reactive ketones (excluding diaryl/α,β-unsaturated/α-hetero) is 1. The fraction of sp³-hybridized carbons (Fsp3) is 0.929. The van der Waals surface area contributed by atoms with E-state index in [2.05, 4.69) is 5.32 Å². The van der Waals surface area contributed by atoms with Crippen LogP contribution in [-0.2, 0) is 9.53 Å². The molecule has 0 aromatic heterocycles. The van der Waals surface area contributed by atoms with Crippen LogP contribution in [-0.4, -0.2) is 30.6 Å². The molecule has 0 amide bonds. The highest BCUT2D eigenvalue weighted by Gasteiger charge is 2.42. The first-order chi connectivity index (χ1) is 8.33. The highest BCUT2D eigenvalue weighted by atomic mass is 16.5. The van der Waals surface area contributed by atoms with Crippen molar-refractivity contribution < 1.29 is 9.53 Å². The van der Waals surface area contributed by atoms with Crippen molar-refractivity contribution in [2.75, 3.05) is 6.61 Å². The molecule has 0 aromatic rings. The van der Waals surface area contributed by atoms with Gasteiger partial charge in [0.25, 0.3) is 0 Å². The van der Waals surface area contributed by atoms with Crippen molar-refractivity contribution in [2.24, 2.45) is 5.92 Å². The molecule has 3 rings (SSSR count). The van der Waals surface area contributed by atoms with Crippen LogP contribution in [0.25, 0.3) is 0 Å². The smallest absolute Gasteiger partial charge is 0.137 e. The Morgan fingerprint density at radius 2 is 2.24 bits per heavy atom. The zero-order valence-electron chi connectivity index (χ0n) is 10.5. The number of hydrogen-bond acceptors (Lipinski definition) is 3. The molecule has 3 saturated heterocycles. The Balaban J connectivity index is 1.38. The quantitative estimate of drug-likeness (QED) is 0.795. The van der Waals surface area contributed by atoms with Crippen molar-refractivity contribution in [2.45, 2.75) is 69.6 Å². The van der Waals surface area contributed by atoms with E-state index in [0.29, 0.717) is 29.9 Å². The summed E-state index contributed by atoms with van der Waals surface area (Å²) in [7, 11) is 0. The molecule has 3 nitrogen and oxygen atoms in total. The minimum absolute atomic E-state index is 0.332. The summed E-state index contributed by atoms with van der Waals surface area (Å²) in [6, 6.07) is 1.15. The van der Waals surface area contributed by atoms with E-state index in [4.69, 9.17) is 4.74 Å². The first-order valence-corrected chi connectivity index (χ1v) is 7.23. The maximum absolute atomic E-state index is 12.1. The second-order valence-electron chi connectivity index (χ2n) is 5.88. The van der Waals surface area contributed by atoms with Crippen LogP contribution < -0.4 is 5.32 Å². The predicted molar refractivity (Wildman–Crippen MR) is 65.9 cm³/mol. The van der Waals surface area contributed by atoms with E-state index in [0.717, 1.165) is 32.3 Å². The first-order valence-electron chi connectivity index (χ1n) is 7.23. The number of ketones is 1. The van der Waals surface area contributed by atoms with Crippen LogP contribution >= 0.6 is 0 Å². The Hall–Kier alpha value is -0.410. The molecule has 3 aliphatic heterocycles. The third-order valence-corrected chi connectivity index (χ3v) is 4.69. The lowest BCUT2D eigenvalue weighted by atomic mass is 9.84. The van der Waals surface area contributed by atoms with Gasteiger partial charge >= 0.3 is 0 Å². The molecule has 0 aliphatic carbocycles. The van der Waals surface area contributed by atoms with Gasteiger partial charge in [-0.05, 0) is 44.9 Å². The molecule has 3 aliphatic rings. The van der Waals surface area contributed by atoms with Gasteiger partial charge in [0, 0.05) is 31.0 Å². The van der Waals surface area contributed by atoms with Gasteiger partial charge in [0.1, 0.15) is 5.78 Å². The highest BCUT2D eigenvalue weighted by Crippen LogP contribution is 2.34. The molecule has 0 radical (unpaired) electrons. The average Bonchev–Trinajstić information content (AvgIpc) is 3.05.